The molecule has 198 valence electrons. The van der Waals surface area contributed by atoms with Gasteiger partial charge >= 0.3 is 0 Å². The topological polar surface area (TPSA) is 130 Å². The number of carbonyl (C=O) groups excluding carboxylic acids is 2. The Bertz CT molecular complexity index is 1100. The zero-order chi connectivity index (χ0) is 27.0. The molecule has 0 aromatic heterocycles. The Morgan fingerprint density at radius 2 is 1.56 bits per heavy atom. The highest BCUT2D eigenvalue weighted by Gasteiger charge is 2.34. The zero-order valence-corrected chi connectivity index (χ0v) is 22.2. The van der Waals surface area contributed by atoms with Gasteiger partial charge in [0.05, 0.1) is 17.0 Å². The summed E-state index contributed by atoms with van der Waals surface area (Å²) in [5.41, 5.74) is 1.27. The van der Waals surface area contributed by atoms with Gasteiger partial charge in [-0.1, -0.05) is 44.2 Å². The van der Waals surface area contributed by atoms with Gasteiger partial charge in [-0.25, -0.2) is 8.42 Å². The Kier molecular flexibility index (Phi) is 10.4. The van der Waals surface area contributed by atoms with Crippen LogP contribution in [0.4, 0.5) is 10.5 Å². The van der Waals surface area contributed by atoms with Crippen molar-refractivity contribution in [3.05, 3.63) is 60.2 Å². The number of amides is 2. The summed E-state index contributed by atoms with van der Waals surface area (Å²) in [5.74, 6) is -0.331. The maximum atomic E-state index is 13.5. The molecule has 0 spiro atoms. The van der Waals surface area contributed by atoms with Gasteiger partial charge < -0.3 is 25.2 Å². The zero-order valence-electron chi connectivity index (χ0n) is 21.4. The fraction of sp³-hybridized carbons (Fsp3) is 0.462. The molecule has 2 N–H and O–H groups in total. The van der Waals surface area contributed by atoms with Crippen LogP contribution >= 0.6 is 0 Å². The van der Waals surface area contributed by atoms with E-state index < -0.39 is 34.3 Å². The normalized spacial score (nSPS) is 13.6. The van der Waals surface area contributed by atoms with Crippen LogP contribution < -0.4 is 10.4 Å². The Morgan fingerprint density at radius 1 is 0.972 bits per heavy atom. The van der Waals surface area contributed by atoms with Gasteiger partial charge in [0.1, 0.15) is 6.09 Å². The lowest BCUT2D eigenvalue weighted by molar-refractivity contribution is -0.272. The Labute approximate surface area is 213 Å². The number of rotatable bonds is 12. The highest BCUT2D eigenvalue weighted by atomic mass is 32.2. The predicted molar refractivity (Wildman–Crippen MR) is 137 cm³/mol. The number of aliphatic hydroxyl groups excluding tert-OH is 1. The molecule has 0 saturated heterocycles. The van der Waals surface area contributed by atoms with Crippen LogP contribution in [0.2, 0.25) is 0 Å². The van der Waals surface area contributed by atoms with Crippen molar-refractivity contribution in [1.82, 2.24) is 9.21 Å². The summed E-state index contributed by atoms with van der Waals surface area (Å²) in [4.78, 5) is 24.4. The summed E-state index contributed by atoms with van der Waals surface area (Å²) >= 11 is 0. The first-order chi connectivity index (χ1) is 16.8. The van der Waals surface area contributed by atoms with E-state index in [1.807, 2.05) is 44.2 Å². The molecule has 0 bridgehead atoms. The number of benzene rings is 2. The molecule has 9 nitrogen and oxygen atoms in total. The van der Waals surface area contributed by atoms with Gasteiger partial charge in [0.25, 0.3) is 0 Å². The van der Waals surface area contributed by atoms with Crippen LogP contribution in [0.15, 0.2) is 59.5 Å². The van der Waals surface area contributed by atoms with E-state index in [0.717, 1.165) is 10.5 Å². The Morgan fingerprint density at radius 3 is 2.03 bits per heavy atom. The molecule has 0 heterocycles. The van der Waals surface area contributed by atoms with Crippen LogP contribution in [0, 0.1) is 5.92 Å². The number of carbonyl (C=O) groups is 2. The third-order valence-corrected chi connectivity index (χ3v) is 7.47. The molecule has 36 heavy (non-hydrogen) atoms. The van der Waals surface area contributed by atoms with E-state index in [4.69, 9.17) is 0 Å². The van der Waals surface area contributed by atoms with Gasteiger partial charge in [-0.2, -0.15) is 4.31 Å². The summed E-state index contributed by atoms with van der Waals surface area (Å²) in [6.07, 6.45) is -2.57. The third kappa shape index (κ3) is 8.04. The highest BCUT2D eigenvalue weighted by Crippen LogP contribution is 2.23. The number of hydrogen-bond donors (Lipinski definition) is 2. The number of nitrogens with one attached hydrogen (secondary N) is 1. The summed E-state index contributed by atoms with van der Waals surface area (Å²) < 4.78 is 28.3. The van der Waals surface area contributed by atoms with Crippen LogP contribution in [-0.2, 0) is 21.2 Å². The number of nitrogens with zero attached hydrogens (tertiary/aromatic N) is 2. The number of aliphatic hydroxyl groups is 1. The fourth-order valence-electron chi connectivity index (χ4n) is 4.08. The van der Waals surface area contributed by atoms with E-state index in [-0.39, 0.29) is 36.2 Å². The molecule has 0 radical (unpaired) electrons. The van der Waals surface area contributed by atoms with Gasteiger partial charge in [0, 0.05) is 31.7 Å². The van der Waals surface area contributed by atoms with Crippen molar-refractivity contribution in [2.75, 3.05) is 18.4 Å². The lowest BCUT2D eigenvalue weighted by atomic mass is 9.98. The minimum atomic E-state index is -4.03. The monoisotopic (exact) mass is 518 g/mol. The first kappa shape index (κ1) is 29.3. The fourth-order valence-corrected chi connectivity index (χ4v) is 5.70. The predicted octanol–water partition coefficient (Wildman–Crippen LogP) is 2.32. The highest BCUT2D eigenvalue weighted by molar-refractivity contribution is 7.89. The molecule has 0 aliphatic heterocycles. The molecule has 2 amide bonds. The summed E-state index contributed by atoms with van der Waals surface area (Å²) in [6.45, 7) is 8.25. The molecular weight excluding hydrogens is 482 g/mol. The second-order valence-corrected chi connectivity index (χ2v) is 11.5. The molecule has 2 aromatic carbocycles. The largest absolute Gasteiger partial charge is 0.530 e. The molecule has 10 heteroatoms. The van der Waals surface area contributed by atoms with E-state index in [1.54, 1.807) is 13.8 Å². The quantitative estimate of drug-likeness (QED) is 0.444. The number of carboxylic acid groups (broad SMARTS) is 1. The number of anilines is 1. The minimum Gasteiger partial charge on any atom is -0.530 e. The van der Waals surface area contributed by atoms with Crippen molar-refractivity contribution in [3.8, 4) is 0 Å². The lowest BCUT2D eigenvalue weighted by Gasteiger charge is -2.41. The van der Waals surface area contributed by atoms with Gasteiger partial charge in [-0.15, -0.1) is 0 Å². The van der Waals surface area contributed by atoms with Crippen LogP contribution in [0.25, 0.3) is 0 Å². The molecule has 2 rings (SSSR count). The van der Waals surface area contributed by atoms with Crippen LogP contribution in [0.3, 0.4) is 0 Å². The molecule has 0 unspecified atom stereocenters. The molecular formula is C26H36N3O6S-. The van der Waals surface area contributed by atoms with Gasteiger partial charge in [-0.3, -0.25) is 4.79 Å². The van der Waals surface area contributed by atoms with Crippen molar-refractivity contribution < 1.29 is 28.2 Å². The molecule has 0 aliphatic rings. The van der Waals surface area contributed by atoms with Crippen molar-refractivity contribution in [2.45, 2.75) is 64.1 Å². The first-order valence-corrected chi connectivity index (χ1v) is 13.4. The van der Waals surface area contributed by atoms with Crippen LogP contribution in [0.5, 0.6) is 0 Å². The average molecular weight is 519 g/mol. The maximum absolute atomic E-state index is 13.5. The molecule has 2 aromatic rings. The lowest BCUT2D eigenvalue weighted by Crippen LogP contribution is -2.58. The summed E-state index contributed by atoms with van der Waals surface area (Å²) in [6, 6.07) is 13.5. The van der Waals surface area contributed by atoms with E-state index in [0.29, 0.717) is 5.69 Å². The summed E-state index contributed by atoms with van der Waals surface area (Å²) in [7, 11) is -4.03. The van der Waals surface area contributed by atoms with Crippen molar-refractivity contribution in [1.29, 1.82) is 0 Å². The van der Waals surface area contributed by atoms with Crippen molar-refractivity contribution in [2.24, 2.45) is 5.92 Å². The summed E-state index contributed by atoms with van der Waals surface area (Å²) in [5, 5.41) is 25.9. The van der Waals surface area contributed by atoms with Crippen LogP contribution in [0.1, 0.15) is 40.2 Å². The standard InChI is InChI=1S/C26H37N3O6S/c1-18(2)16-28(36(34,35)23-13-11-22(12-14-23)27-20(5)30)17-25(31)24(29(19(3)4)26(32)33)15-21-9-7-6-8-10-21/h6-14,18-19,24-25,31H,15-17H2,1-5H3,(H,27,30)(H,32,33)/p-1/t24-,25+/m0/s1. The molecule has 0 saturated carbocycles. The van der Waals surface area contributed by atoms with Crippen molar-refractivity contribution in [3.63, 3.8) is 0 Å². The van der Waals surface area contributed by atoms with Gasteiger partial charge in [-0.05, 0) is 56.0 Å². The Hall–Kier alpha value is -2.95. The first-order valence-electron chi connectivity index (χ1n) is 11.9. The van der Waals surface area contributed by atoms with E-state index in [9.17, 15) is 28.2 Å². The Balaban J connectivity index is 2.40. The van der Waals surface area contributed by atoms with E-state index in [2.05, 4.69) is 5.32 Å². The number of hydrogen-bond acceptors (Lipinski definition) is 6. The van der Waals surface area contributed by atoms with Gasteiger partial charge in [0.15, 0.2) is 0 Å². The third-order valence-electron chi connectivity index (χ3n) is 5.63. The minimum absolute atomic E-state index is 0.00433. The smallest absolute Gasteiger partial charge is 0.243 e. The SMILES string of the molecule is CC(=O)Nc1ccc(S(=O)(=O)N(CC(C)C)C[C@@H](O)[C@H](Cc2ccccc2)N(C(=O)[O-])C(C)C)cc1. The second-order valence-electron chi connectivity index (χ2n) is 9.51. The van der Waals surface area contributed by atoms with Gasteiger partial charge in [0.2, 0.25) is 15.9 Å². The molecule has 2 atom stereocenters. The second kappa shape index (κ2) is 12.8. The van der Waals surface area contributed by atoms with E-state index >= 15 is 0 Å². The number of sulfonamides is 1. The molecule has 0 fully saturated rings. The average Bonchev–Trinajstić information content (AvgIpc) is 2.78. The van der Waals surface area contributed by atoms with Crippen LogP contribution in [-0.4, -0.2) is 66.0 Å². The van der Waals surface area contributed by atoms with E-state index in [1.165, 1.54) is 35.5 Å². The maximum Gasteiger partial charge on any atom is 0.243 e. The van der Waals surface area contributed by atoms with Crippen molar-refractivity contribution >= 4 is 27.7 Å². The molecule has 0 aliphatic carbocycles.